The quantitative estimate of drug-likeness (QED) is 0.0843. The Morgan fingerprint density at radius 3 is 1.43 bits per heavy atom. The van der Waals surface area contributed by atoms with Gasteiger partial charge >= 0.3 is 0 Å². The van der Waals surface area contributed by atoms with Crippen LogP contribution in [0.15, 0.2) is 152 Å². The van der Waals surface area contributed by atoms with Gasteiger partial charge in [-0.2, -0.15) is 0 Å². The van der Waals surface area contributed by atoms with Gasteiger partial charge < -0.3 is 23.7 Å². The Morgan fingerprint density at radius 1 is 0.464 bits per heavy atom. The monoisotopic (exact) mass is 929 g/mol. The zero-order valence-electron chi connectivity index (χ0n) is 41.8. The van der Waals surface area contributed by atoms with E-state index in [1.807, 2.05) is 60.7 Å². The zero-order valence-corrected chi connectivity index (χ0v) is 41.8. The minimum Gasteiger partial charge on any atom is -0.497 e. The molecule has 6 aromatic carbocycles. The van der Waals surface area contributed by atoms with Gasteiger partial charge in [-0.3, -0.25) is 9.59 Å². The van der Waals surface area contributed by atoms with Crippen LogP contribution in [0.5, 0.6) is 23.0 Å². The molecule has 3 aliphatic carbocycles. The number of aryl methyl sites for hydroxylation is 1. The van der Waals surface area contributed by atoms with Gasteiger partial charge in [0.15, 0.2) is 11.5 Å². The first-order valence-corrected chi connectivity index (χ1v) is 25.0. The third kappa shape index (κ3) is 11.6. The van der Waals surface area contributed by atoms with Crippen LogP contribution in [0, 0.1) is 6.92 Å². The van der Waals surface area contributed by atoms with Crippen molar-refractivity contribution in [3.05, 3.63) is 191 Å². The predicted octanol–water partition coefficient (Wildman–Crippen LogP) is 14.6. The summed E-state index contributed by atoms with van der Waals surface area (Å²) >= 11 is 0. The molecule has 69 heavy (non-hydrogen) atoms. The van der Waals surface area contributed by atoms with E-state index in [9.17, 15) is 9.59 Å². The molecule has 0 saturated heterocycles. The maximum atomic E-state index is 12.8. The second-order valence-electron chi connectivity index (χ2n) is 19.5. The lowest BCUT2D eigenvalue weighted by atomic mass is 9.64. The molecular formula is C62H72O7. The van der Waals surface area contributed by atoms with E-state index < -0.39 is 11.2 Å². The highest BCUT2D eigenvalue weighted by Gasteiger charge is 2.43. The Kier molecular flexibility index (Phi) is 17.1. The second-order valence-corrected chi connectivity index (χ2v) is 19.5. The predicted molar refractivity (Wildman–Crippen MR) is 277 cm³/mol. The van der Waals surface area contributed by atoms with Gasteiger partial charge in [-0.1, -0.05) is 166 Å². The Morgan fingerprint density at radius 2 is 0.913 bits per heavy atom. The molecule has 0 heterocycles. The summed E-state index contributed by atoms with van der Waals surface area (Å²) in [5, 5.41) is 0. The SMILES string of the molecule is CC(C)(OC=O)Oc1ccc(C2(c3ccccc3)CCCCC2)cc1.COc1ccc(C2(c3ccc(C)cc3)CCCCC2)cc1OC.COc1ccc(C2(c3ccccc3)CCCCC2=O)cc1. The summed E-state index contributed by atoms with van der Waals surface area (Å²) in [5.41, 5.74) is 8.72. The fourth-order valence-corrected chi connectivity index (χ4v) is 11.2. The lowest BCUT2D eigenvalue weighted by Crippen LogP contribution is -2.39. The number of carbonyl (C=O) groups is 2. The first kappa shape index (κ1) is 50.5. The highest BCUT2D eigenvalue weighted by Crippen LogP contribution is 2.48. The van der Waals surface area contributed by atoms with E-state index in [0.29, 0.717) is 24.4 Å². The molecule has 362 valence electrons. The van der Waals surface area contributed by atoms with Crippen molar-refractivity contribution in [2.75, 3.05) is 21.3 Å². The van der Waals surface area contributed by atoms with Crippen molar-refractivity contribution in [3.63, 3.8) is 0 Å². The van der Waals surface area contributed by atoms with Gasteiger partial charge in [0.05, 0.1) is 26.7 Å². The Labute approximate surface area is 411 Å². The van der Waals surface area contributed by atoms with Gasteiger partial charge in [-0.15, -0.1) is 0 Å². The number of hydrogen-bond acceptors (Lipinski definition) is 7. The number of ketones is 1. The number of benzene rings is 6. The molecule has 9 rings (SSSR count). The molecule has 0 amide bonds. The zero-order chi connectivity index (χ0) is 48.7. The third-order valence-corrected chi connectivity index (χ3v) is 14.9. The van der Waals surface area contributed by atoms with Crippen LogP contribution in [0.4, 0.5) is 0 Å². The number of hydrogen-bond donors (Lipinski definition) is 0. The van der Waals surface area contributed by atoms with Gasteiger partial charge in [0.2, 0.25) is 5.79 Å². The van der Waals surface area contributed by atoms with Crippen molar-refractivity contribution in [1.82, 2.24) is 0 Å². The van der Waals surface area contributed by atoms with Crippen LogP contribution in [0.25, 0.3) is 0 Å². The lowest BCUT2D eigenvalue weighted by molar-refractivity contribution is -0.170. The summed E-state index contributed by atoms with van der Waals surface area (Å²) in [6.07, 6.45) is 16.1. The summed E-state index contributed by atoms with van der Waals surface area (Å²) in [6.45, 7) is 6.01. The van der Waals surface area contributed by atoms with Crippen LogP contribution in [0.3, 0.4) is 0 Å². The number of Topliss-reactive ketones (excluding diaryl/α,β-unsaturated/α-hetero) is 1. The van der Waals surface area contributed by atoms with Crippen molar-refractivity contribution < 1.29 is 33.3 Å². The Hall–Kier alpha value is -6.34. The second kappa shape index (κ2) is 23.3. The summed E-state index contributed by atoms with van der Waals surface area (Å²) in [6, 6.07) is 52.7. The van der Waals surface area contributed by atoms with Crippen molar-refractivity contribution >= 4 is 12.3 Å². The fourth-order valence-electron chi connectivity index (χ4n) is 11.2. The van der Waals surface area contributed by atoms with E-state index in [1.54, 1.807) is 35.2 Å². The van der Waals surface area contributed by atoms with Gasteiger partial charge in [-0.25, -0.2) is 0 Å². The Balaban J connectivity index is 0.000000153. The lowest BCUT2D eigenvalue weighted by Gasteiger charge is -2.39. The van der Waals surface area contributed by atoms with E-state index >= 15 is 0 Å². The number of ether oxygens (including phenoxy) is 5. The number of methoxy groups -OCH3 is 3. The molecular weight excluding hydrogens is 857 g/mol. The molecule has 7 heteroatoms. The van der Waals surface area contributed by atoms with E-state index in [0.717, 1.165) is 47.6 Å². The summed E-state index contributed by atoms with van der Waals surface area (Å²) in [4.78, 5) is 23.4. The molecule has 6 aromatic rings. The molecule has 0 aliphatic heterocycles. The highest BCUT2D eigenvalue weighted by molar-refractivity contribution is 5.94. The first-order valence-electron chi connectivity index (χ1n) is 25.0. The number of rotatable bonds is 13. The van der Waals surface area contributed by atoms with E-state index in [2.05, 4.69) is 97.9 Å². The summed E-state index contributed by atoms with van der Waals surface area (Å²) < 4.78 is 26.9. The highest BCUT2D eigenvalue weighted by atomic mass is 16.7. The average molecular weight is 929 g/mol. The average Bonchev–Trinajstić information content (AvgIpc) is 3.40. The molecule has 1 atom stereocenters. The normalized spacial score (nSPS) is 18.4. The summed E-state index contributed by atoms with van der Waals surface area (Å²) in [7, 11) is 5.06. The summed E-state index contributed by atoms with van der Waals surface area (Å²) in [5.74, 6) is 2.52. The van der Waals surface area contributed by atoms with E-state index in [-0.39, 0.29) is 10.8 Å². The third-order valence-electron chi connectivity index (χ3n) is 14.9. The Bertz CT molecular complexity index is 2520. The van der Waals surface area contributed by atoms with Gasteiger partial charge in [0, 0.05) is 31.1 Å². The van der Waals surface area contributed by atoms with Crippen molar-refractivity contribution in [2.45, 2.75) is 133 Å². The van der Waals surface area contributed by atoms with Crippen LogP contribution >= 0.6 is 0 Å². The largest absolute Gasteiger partial charge is 0.497 e. The molecule has 0 radical (unpaired) electrons. The van der Waals surface area contributed by atoms with E-state index in [4.69, 9.17) is 23.7 Å². The van der Waals surface area contributed by atoms with E-state index in [1.165, 1.54) is 92.0 Å². The maximum Gasteiger partial charge on any atom is 0.296 e. The molecule has 3 aliphatic rings. The molecule has 3 saturated carbocycles. The van der Waals surface area contributed by atoms with Crippen LogP contribution < -0.4 is 18.9 Å². The van der Waals surface area contributed by atoms with Gasteiger partial charge in [0.1, 0.15) is 17.3 Å². The van der Waals surface area contributed by atoms with Gasteiger partial charge in [0.25, 0.3) is 6.47 Å². The van der Waals surface area contributed by atoms with Crippen LogP contribution in [0.1, 0.15) is 143 Å². The van der Waals surface area contributed by atoms with Crippen LogP contribution in [-0.2, 0) is 30.6 Å². The molecule has 1 unspecified atom stereocenters. The van der Waals surface area contributed by atoms with Crippen molar-refractivity contribution in [2.24, 2.45) is 0 Å². The first-order chi connectivity index (χ1) is 33.5. The van der Waals surface area contributed by atoms with Crippen LogP contribution in [0.2, 0.25) is 0 Å². The molecule has 0 aromatic heterocycles. The maximum absolute atomic E-state index is 12.8. The smallest absolute Gasteiger partial charge is 0.296 e. The molecule has 7 nitrogen and oxygen atoms in total. The van der Waals surface area contributed by atoms with Crippen LogP contribution in [-0.4, -0.2) is 39.4 Å². The minimum atomic E-state index is -0.967. The molecule has 0 N–H and O–H groups in total. The topological polar surface area (TPSA) is 80.3 Å². The number of carbonyl (C=O) groups excluding carboxylic acids is 2. The molecule has 0 spiro atoms. The molecule has 3 fully saturated rings. The van der Waals surface area contributed by atoms with Gasteiger partial charge in [-0.05, 0) is 115 Å². The van der Waals surface area contributed by atoms with Crippen molar-refractivity contribution in [1.29, 1.82) is 0 Å². The minimum absolute atomic E-state index is 0.0901. The van der Waals surface area contributed by atoms with Crippen molar-refractivity contribution in [3.8, 4) is 23.0 Å². The standard InChI is InChI=1S/C22H26O3.C21H26O2.C19H20O2/c1-21(2,24-17-23)25-20-13-11-19(12-14-20)22(15-7-4-8-16-22)18-9-5-3-6-10-18;1-16-7-9-17(10-8-16)21(13-5-4-6-14-21)18-11-12-19(22-2)20(15-18)23-3;1-21-17-12-10-16(11-13-17)19(14-6-5-9-18(19)20)15-7-3-2-4-8-15/h3,5-6,9-14,17H,4,7-8,15-16H2,1-2H3;7-12,15H,4-6,13-14H2,1-3H3;2-4,7-8,10-13H,5-6,9,14H2,1H3. The fraction of sp³-hybridized carbons (Fsp3) is 0.387. The molecule has 0 bridgehead atoms.